The number of hydrogen-bond donors (Lipinski definition) is 0. The SMILES string of the molecule is CCCCCCCCN1C=CC=CC1.FN=S. The molecule has 0 N–H and O–H groups in total. The van der Waals surface area contributed by atoms with Crippen molar-refractivity contribution in [2.45, 2.75) is 45.4 Å². The van der Waals surface area contributed by atoms with E-state index in [4.69, 9.17) is 0 Å². The first-order valence-electron chi connectivity index (χ1n) is 6.36. The summed E-state index contributed by atoms with van der Waals surface area (Å²) < 4.78 is 11.3. The number of halogens is 1. The van der Waals surface area contributed by atoms with Gasteiger partial charge in [0.05, 0.1) is 12.4 Å². The van der Waals surface area contributed by atoms with E-state index in [1.807, 2.05) is 0 Å². The van der Waals surface area contributed by atoms with Gasteiger partial charge in [0.25, 0.3) is 0 Å². The molecule has 0 spiro atoms. The van der Waals surface area contributed by atoms with Crippen molar-refractivity contribution in [3.05, 3.63) is 24.4 Å². The molecule has 0 aromatic heterocycles. The maximum absolute atomic E-state index is 9.73. The summed E-state index contributed by atoms with van der Waals surface area (Å²) in [4.78, 5) is 2.39. The molecule has 0 fully saturated rings. The van der Waals surface area contributed by atoms with Crippen LogP contribution in [0.25, 0.3) is 0 Å². The molecule has 0 aromatic carbocycles. The first kappa shape index (κ1) is 16.2. The Bertz CT molecular complexity index is 229. The molecule has 1 rings (SSSR count). The van der Waals surface area contributed by atoms with Crippen molar-refractivity contribution in [3.8, 4) is 0 Å². The molecular weight excluding hydrogens is 235 g/mol. The minimum Gasteiger partial charge on any atom is -0.374 e. The Labute approximate surface area is 110 Å². The second-order valence-corrected chi connectivity index (χ2v) is 4.24. The zero-order valence-corrected chi connectivity index (χ0v) is 11.5. The molecule has 4 heteroatoms. The Hall–Kier alpha value is -0.770. The number of rotatable bonds is 7. The van der Waals surface area contributed by atoms with Crippen molar-refractivity contribution >= 4 is 12.4 Å². The maximum Gasteiger partial charge on any atom is 0.0763 e. The predicted molar refractivity (Wildman–Crippen MR) is 74.1 cm³/mol. The Kier molecular flexibility index (Phi) is 12.7. The average molecular weight is 258 g/mol. The molecule has 1 aliphatic rings. The summed E-state index contributed by atoms with van der Waals surface area (Å²) in [6.07, 6.45) is 17.0. The third kappa shape index (κ3) is 11.5. The molecule has 0 unspecified atom stereocenters. The molecule has 0 amide bonds. The fraction of sp³-hybridized carbons (Fsp3) is 0.692. The first-order valence-corrected chi connectivity index (χ1v) is 6.72. The van der Waals surface area contributed by atoms with Crippen LogP contribution in [0.1, 0.15) is 45.4 Å². The second-order valence-electron chi connectivity index (χ2n) is 4.10. The van der Waals surface area contributed by atoms with Crippen LogP contribution in [0.15, 0.2) is 29.0 Å². The van der Waals surface area contributed by atoms with Crippen molar-refractivity contribution in [1.29, 1.82) is 0 Å². The fourth-order valence-corrected chi connectivity index (χ4v) is 1.77. The van der Waals surface area contributed by atoms with Gasteiger partial charge in [0, 0.05) is 13.1 Å². The van der Waals surface area contributed by atoms with E-state index in [2.05, 4.69) is 48.7 Å². The van der Waals surface area contributed by atoms with E-state index in [1.165, 1.54) is 45.1 Å². The van der Waals surface area contributed by atoms with Crippen molar-refractivity contribution in [2.24, 2.45) is 4.58 Å². The molecule has 2 nitrogen and oxygen atoms in total. The standard InChI is InChI=1S/C13H23N.FNS/c1-2-3-4-5-6-8-11-14-12-9-7-10-13-14;1-2-3/h7,9-10,12H,2-6,8,11,13H2,1H3;. The topological polar surface area (TPSA) is 15.6 Å². The molecule has 98 valence electrons. The van der Waals surface area contributed by atoms with E-state index >= 15 is 0 Å². The molecule has 0 radical (unpaired) electrons. The zero-order chi connectivity index (χ0) is 12.8. The third-order valence-electron chi connectivity index (χ3n) is 2.68. The van der Waals surface area contributed by atoms with Gasteiger partial charge in [-0.25, -0.2) is 0 Å². The number of allylic oxidation sites excluding steroid dienone is 2. The summed E-state index contributed by atoms with van der Waals surface area (Å²) in [5.74, 6) is 0. The van der Waals surface area contributed by atoms with Crippen molar-refractivity contribution in [2.75, 3.05) is 13.1 Å². The molecule has 0 atom stereocenters. The Morgan fingerprint density at radius 3 is 2.41 bits per heavy atom. The van der Waals surface area contributed by atoms with Gasteiger partial charge >= 0.3 is 0 Å². The number of unbranched alkanes of at least 4 members (excludes halogenated alkanes) is 5. The van der Waals surface area contributed by atoms with E-state index in [9.17, 15) is 4.48 Å². The number of hydrogen-bond acceptors (Lipinski definition) is 3. The highest BCUT2D eigenvalue weighted by Crippen LogP contribution is 2.07. The summed E-state index contributed by atoms with van der Waals surface area (Å²) in [6, 6.07) is 0. The van der Waals surface area contributed by atoms with Gasteiger partial charge in [0.15, 0.2) is 0 Å². The lowest BCUT2D eigenvalue weighted by Gasteiger charge is -2.20. The highest BCUT2D eigenvalue weighted by atomic mass is 32.1. The van der Waals surface area contributed by atoms with Crippen LogP contribution in [0.2, 0.25) is 0 Å². The fourth-order valence-electron chi connectivity index (χ4n) is 1.77. The number of nitrogens with zero attached hydrogens (tertiary/aromatic N) is 2. The minimum atomic E-state index is 1.10. The van der Waals surface area contributed by atoms with Crippen LogP contribution in [0.3, 0.4) is 0 Å². The second kappa shape index (κ2) is 13.3. The van der Waals surface area contributed by atoms with Gasteiger partial charge < -0.3 is 4.90 Å². The molecule has 0 saturated heterocycles. The van der Waals surface area contributed by atoms with Gasteiger partial charge in [0.2, 0.25) is 0 Å². The van der Waals surface area contributed by atoms with Crippen LogP contribution < -0.4 is 0 Å². The van der Waals surface area contributed by atoms with Crippen LogP contribution in [0.5, 0.6) is 0 Å². The van der Waals surface area contributed by atoms with E-state index in [0.29, 0.717) is 0 Å². The molecule has 0 aromatic rings. The normalized spacial score (nSPS) is 13.2. The summed E-state index contributed by atoms with van der Waals surface area (Å²) in [6.45, 7) is 4.60. The smallest absolute Gasteiger partial charge is 0.0763 e. The molecule has 0 aliphatic carbocycles. The van der Waals surface area contributed by atoms with E-state index in [0.717, 1.165) is 6.54 Å². The third-order valence-corrected chi connectivity index (χ3v) is 2.68. The zero-order valence-electron chi connectivity index (χ0n) is 10.6. The van der Waals surface area contributed by atoms with Gasteiger partial charge in [-0.3, -0.25) is 0 Å². The molecule has 0 saturated carbocycles. The average Bonchev–Trinajstić information content (AvgIpc) is 2.36. The lowest BCUT2D eigenvalue weighted by atomic mass is 10.1. The van der Waals surface area contributed by atoms with Gasteiger partial charge in [-0.2, -0.15) is 0 Å². The Morgan fingerprint density at radius 2 is 1.82 bits per heavy atom. The minimum absolute atomic E-state index is 1.10. The molecular formula is C13H23FN2S. The molecule has 1 aliphatic heterocycles. The lowest BCUT2D eigenvalue weighted by molar-refractivity contribution is 0.392. The van der Waals surface area contributed by atoms with E-state index < -0.39 is 0 Å². The van der Waals surface area contributed by atoms with Crippen molar-refractivity contribution < 1.29 is 4.48 Å². The van der Waals surface area contributed by atoms with E-state index in [-0.39, 0.29) is 0 Å². The largest absolute Gasteiger partial charge is 0.374 e. The highest BCUT2D eigenvalue weighted by Gasteiger charge is 1.98. The van der Waals surface area contributed by atoms with Crippen LogP contribution in [0, 0.1) is 0 Å². The van der Waals surface area contributed by atoms with Gasteiger partial charge in [-0.1, -0.05) is 55.7 Å². The Balaban J connectivity index is 0.000000770. The summed E-state index contributed by atoms with van der Waals surface area (Å²) in [5, 5.41) is 0. The monoisotopic (exact) mass is 258 g/mol. The predicted octanol–water partition coefficient (Wildman–Crippen LogP) is 4.33. The molecule has 17 heavy (non-hydrogen) atoms. The quantitative estimate of drug-likeness (QED) is 0.631. The highest BCUT2D eigenvalue weighted by molar-refractivity contribution is 7.47. The van der Waals surface area contributed by atoms with Gasteiger partial charge in [-0.15, -0.1) is 0 Å². The van der Waals surface area contributed by atoms with Crippen LogP contribution in [-0.2, 0) is 12.4 Å². The summed E-state index contributed by atoms with van der Waals surface area (Å²) >= 11 is 3.35. The van der Waals surface area contributed by atoms with Crippen molar-refractivity contribution in [1.82, 2.24) is 4.90 Å². The molecule has 0 bridgehead atoms. The van der Waals surface area contributed by atoms with E-state index in [1.54, 1.807) is 4.58 Å². The first-order chi connectivity index (χ1) is 8.35. The van der Waals surface area contributed by atoms with Crippen LogP contribution >= 0.6 is 0 Å². The summed E-state index contributed by atoms with van der Waals surface area (Å²) in [5.41, 5.74) is 0. The van der Waals surface area contributed by atoms with Crippen LogP contribution in [-0.4, -0.2) is 18.0 Å². The van der Waals surface area contributed by atoms with Gasteiger partial charge in [0.1, 0.15) is 0 Å². The lowest BCUT2D eigenvalue weighted by Crippen LogP contribution is -2.19. The van der Waals surface area contributed by atoms with Crippen LogP contribution in [0.4, 0.5) is 4.48 Å². The van der Waals surface area contributed by atoms with Crippen molar-refractivity contribution in [3.63, 3.8) is 0 Å². The molecule has 1 heterocycles. The summed E-state index contributed by atoms with van der Waals surface area (Å²) in [7, 11) is 0. The Morgan fingerprint density at radius 1 is 1.18 bits per heavy atom. The van der Waals surface area contributed by atoms with Gasteiger partial charge in [-0.05, 0) is 23.3 Å². The maximum atomic E-state index is 9.73.